The van der Waals surface area contributed by atoms with Gasteiger partial charge in [0.15, 0.2) is 0 Å². The minimum Gasteiger partial charge on any atom is -0.459 e. The minimum atomic E-state index is -0.457. The molecule has 7 heteroatoms. The Hall–Kier alpha value is -3.61. The summed E-state index contributed by atoms with van der Waals surface area (Å²) in [4.78, 5) is 28.5. The minimum absolute atomic E-state index is 0.0510. The molecular formula is C21H19N3O4. The van der Waals surface area contributed by atoms with Crippen molar-refractivity contribution >= 4 is 33.5 Å². The zero-order valence-corrected chi connectivity index (χ0v) is 15.5. The first kappa shape index (κ1) is 17.8. The molecule has 1 atom stereocenters. The van der Waals surface area contributed by atoms with E-state index in [2.05, 4.69) is 4.98 Å². The van der Waals surface area contributed by atoms with Crippen LogP contribution in [0.3, 0.4) is 0 Å². The van der Waals surface area contributed by atoms with E-state index in [4.69, 9.17) is 4.42 Å². The summed E-state index contributed by atoms with van der Waals surface area (Å²) in [6.45, 7) is 4.26. The van der Waals surface area contributed by atoms with Crippen molar-refractivity contribution in [3.05, 3.63) is 76.2 Å². The number of amides is 1. The second kappa shape index (κ2) is 6.84. The number of rotatable bonds is 5. The maximum Gasteiger partial charge on any atom is 0.293 e. The highest BCUT2D eigenvalue weighted by Gasteiger charge is 2.26. The molecule has 0 radical (unpaired) electrons. The number of aromatic nitrogens is 1. The van der Waals surface area contributed by atoms with Crippen molar-refractivity contribution in [3.8, 4) is 0 Å². The number of fused-ring (bicyclic) bond motifs is 2. The first-order chi connectivity index (χ1) is 13.5. The molecule has 0 spiro atoms. The summed E-state index contributed by atoms with van der Waals surface area (Å²) in [5, 5.41) is 12.9. The highest BCUT2D eigenvalue weighted by molar-refractivity contribution is 6.00. The van der Waals surface area contributed by atoms with Crippen molar-refractivity contribution in [1.29, 1.82) is 0 Å². The Kier molecular flexibility index (Phi) is 4.35. The van der Waals surface area contributed by atoms with Crippen molar-refractivity contribution in [2.75, 3.05) is 6.54 Å². The van der Waals surface area contributed by atoms with Crippen LogP contribution in [0.1, 0.15) is 36.1 Å². The van der Waals surface area contributed by atoms with Crippen LogP contribution in [0.4, 0.5) is 5.69 Å². The molecule has 142 valence electrons. The lowest BCUT2D eigenvalue weighted by Crippen LogP contribution is -2.33. The third-order valence-corrected chi connectivity index (χ3v) is 4.99. The van der Waals surface area contributed by atoms with Gasteiger partial charge in [-0.25, -0.2) is 0 Å². The Labute approximate surface area is 160 Å². The van der Waals surface area contributed by atoms with Gasteiger partial charge in [0.2, 0.25) is 0 Å². The maximum absolute atomic E-state index is 13.1. The SMILES string of the molecule is CCN(C(=O)c1cc2cccc([N+](=O)[O-])c2[nH]1)[C@@H](C)c1cc2ccccc2o1. The number of hydrogen-bond acceptors (Lipinski definition) is 4. The van der Waals surface area contributed by atoms with Crippen molar-refractivity contribution < 1.29 is 14.1 Å². The van der Waals surface area contributed by atoms with Crippen LogP contribution in [0.2, 0.25) is 0 Å². The van der Waals surface area contributed by atoms with Crippen LogP contribution < -0.4 is 0 Å². The van der Waals surface area contributed by atoms with E-state index in [1.54, 1.807) is 23.1 Å². The number of H-pyrrole nitrogens is 1. The third-order valence-electron chi connectivity index (χ3n) is 4.99. The van der Waals surface area contributed by atoms with Gasteiger partial charge in [-0.3, -0.25) is 14.9 Å². The van der Waals surface area contributed by atoms with Gasteiger partial charge in [0.25, 0.3) is 11.6 Å². The van der Waals surface area contributed by atoms with Crippen molar-refractivity contribution in [3.63, 3.8) is 0 Å². The molecule has 0 bridgehead atoms. The Morgan fingerprint density at radius 1 is 1.18 bits per heavy atom. The van der Waals surface area contributed by atoms with E-state index in [0.29, 0.717) is 28.9 Å². The lowest BCUT2D eigenvalue weighted by molar-refractivity contribution is -0.383. The van der Waals surface area contributed by atoms with Gasteiger partial charge < -0.3 is 14.3 Å². The Balaban J connectivity index is 1.69. The molecule has 0 aliphatic carbocycles. The second-order valence-corrected chi connectivity index (χ2v) is 6.64. The van der Waals surface area contributed by atoms with Crippen molar-refractivity contribution in [2.45, 2.75) is 19.9 Å². The van der Waals surface area contributed by atoms with Crippen LogP contribution in [0.5, 0.6) is 0 Å². The number of nitrogens with zero attached hydrogens (tertiary/aromatic N) is 2. The Morgan fingerprint density at radius 2 is 1.93 bits per heavy atom. The van der Waals surface area contributed by atoms with Gasteiger partial charge in [-0.05, 0) is 32.0 Å². The van der Waals surface area contributed by atoms with Crippen LogP contribution in [-0.2, 0) is 0 Å². The van der Waals surface area contributed by atoms with E-state index < -0.39 is 4.92 Å². The van der Waals surface area contributed by atoms with E-state index >= 15 is 0 Å². The molecule has 4 rings (SSSR count). The molecule has 28 heavy (non-hydrogen) atoms. The van der Waals surface area contributed by atoms with E-state index in [-0.39, 0.29) is 17.6 Å². The van der Waals surface area contributed by atoms with Crippen molar-refractivity contribution in [1.82, 2.24) is 9.88 Å². The van der Waals surface area contributed by atoms with Crippen LogP contribution in [0.15, 0.2) is 59.0 Å². The molecule has 0 saturated carbocycles. The number of nitro groups is 1. The van der Waals surface area contributed by atoms with E-state index in [1.807, 2.05) is 44.2 Å². The average molecular weight is 377 g/mol. The fraction of sp³-hybridized carbons (Fsp3) is 0.190. The lowest BCUT2D eigenvalue weighted by atomic mass is 10.1. The molecule has 0 aliphatic heterocycles. The zero-order chi connectivity index (χ0) is 19.8. The number of non-ortho nitro benzene ring substituents is 1. The summed E-state index contributed by atoms with van der Waals surface area (Å²) < 4.78 is 5.91. The molecular weight excluding hydrogens is 358 g/mol. The number of furan rings is 1. The normalized spacial score (nSPS) is 12.4. The first-order valence-corrected chi connectivity index (χ1v) is 9.05. The van der Waals surface area contributed by atoms with Crippen molar-refractivity contribution in [2.24, 2.45) is 0 Å². The topological polar surface area (TPSA) is 92.4 Å². The van der Waals surface area contributed by atoms with E-state index in [9.17, 15) is 14.9 Å². The maximum atomic E-state index is 13.1. The Morgan fingerprint density at radius 3 is 2.64 bits per heavy atom. The third kappa shape index (κ3) is 2.90. The fourth-order valence-electron chi connectivity index (χ4n) is 3.52. The molecule has 4 aromatic rings. The number of carbonyl (C=O) groups excluding carboxylic acids is 1. The molecule has 0 unspecified atom stereocenters. The lowest BCUT2D eigenvalue weighted by Gasteiger charge is -2.26. The monoisotopic (exact) mass is 377 g/mol. The number of nitro benzene ring substituents is 1. The van der Waals surface area contributed by atoms with Crippen LogP contribution >= 0.6 is 0 Å². The van der Waals surface area contributed by atoms with Gasteiger partial charge in [-0.1, -0.05) is 30.3 Å². The molecule has 2 heterocycles. The van der Waals surface area contributed by atoms with Gasteiger partial charge in [0.1, 0.15) is 22.6 Å². The highest BCUT2D eigenvalue weighted by Crippen LogP contribution is 2.30. The average Bonchev–Trinajstić information content (AvgIpc) is 3.31. The predicted molar refractivity (Wildman–Crippen MR) is 106 cm³/mol. The van der Waals surface area contributed by atoms with Gasteiger partial charge in [-0.2, -0.15) is 0 Å². The number of benzene rings is 2. The standard InChI is InChI=1S/C21H19N3O4/c1-3-23(13(2)19-12-14-7-4-5-10-18(14)28-19)21(25)16-11-15-8-6-9-17(24(26)27)20(15)22-16/h4-13,22H,3H2,1-2H3/t13-/m0/s1. The Bertz CT molecular complexity index is 1160. The van der Waals surface area contributed by atoms with Gasteiger partial charge in [0.05, 0.1) is 11.0 Å². The highest BCUT2D eigenvalue weighted by atomic mass is 16.6. The van der Waals surface area contributed by atoms with Crippen LogP contribution in [-0.4, -0.2) is 27.3 Å². The predicted octanol–water partition coefficient (Wildman–Crippen LogP) is 5.05. The molecule has 2 aromatic carbocycles. The van der Waals surface area contributed by atoms with Crippen LogP contribution in [0, 0.1) is 10.1 Å². The molecule has 0 saturated heterocycles. The van der Waals surface area contributed by atoms with E-state index in [1.165, 1.54) is 6.07 Å². The largest absolute Gasteiger partial charge is 0.459 e. The fourth-order valence-corrected chi connectivity index (χ4v) is 3.52. The van der Waals surface area contributed by atoms with E-state index in [0.717, 1.165) is 11.0 Å². The number of nitrogens with one attached hydrogen (secondary N) is 1. The molecule has 0 fully saturated rings. The smallest absolute Gasteiger partial charge is 0.293 e. The number of carbonyl (C=O) groups is 1. The number of para-hydroxylation sites is 2. The van der Waals surface area contributed by atoms with Gasteiger partial charge >= 0.3 is 0 Å². The van der Waals surface area contributed by atoms with Crippen LogP contribution in [0.25, 0.3) is 21.9 Å². The summed E-state index contributed by atoms with van der Waals surface area (Å²) in [5.41, 5.74) is 1.39. The quantitative estimate of drug-likeness (QED) is 0.389. The van der Waals surface area contributed by atoms with Gasteiger partial charge in [-0.15, -0.1) is 0 Å². The summed E-state index contributed by atoms with van der Waals surface area (Å²) >= 11 is 0. The molecule has 1 N–H and O–H groups in total. The summed E-state index contributed by atoms with van der Waals surface area (Å²) in [6.07, 6.45) is 0. The first-order valence-electron chi connectivity index (χ1n) is 9.05. The number of hydrogen-bond donors (Lipinski definition) is 1. The molecule has 1 amide bonds. The summed E-state index contributed by atoms with van der Waals surface area (Å²) in [7, 11) is 0. The molecule has 0 aliphatic rings. The number of aromatic amines is 1. The molecule has 7 nitrogen and oxygen atoms in total. The summed E-state index contributed by atoms with van der Waals surface area (Å²) in [6, 6.07) is 15.8. The zero-order valence-electron chi connectivity index (χ0n) is 15.5. The van der Waals surface area contributed by atoms with Gasteiger partial charge in [0, 0.05) is 23.4 Å². The summed E-state index contributed by atoms with van der Waals surface area (Å²) in [5.74, 6) is 0.458. The second-order valence-electron chi connectivity index (χ2n) is 6.64. The molecule has 2 aromatic heterocycles.